The summed E-state index contributed by atoms with van der Waals surface area (Å²) < 4.78 is 65.4. The summed E-state index contributed by atoms with van der Waals surface area (Å²) in [7, 11) is -4.09. The normalized spacial score (nSPS) is 25.1. The highest BCUT2D eigenvalue weighted by Crippen LogP contribution is 2.34. The number of amides is 2. The summed E-state index contributed by atoms with van der Waals surface area (Å²) in [5, 5.41) is 0. The maximum atomic E-state index is 12.9. The minimum absolute atomic E-state index is 0.00239. The van der Waals surface area contributed by atoms with E-state index in [0.717, 1.165) is 35.3 Å². The molecule has 158 valence electrons. The number of likely N-dealkylation sites (tertiary alicyclic amines) is 1. The van der Waals surface area contributed by atoms with Gasteiger partial charge in [-0.25, -0.2) is 8.42 Å². The van der Waals surface area contributed by atoms with Crippen molar-refractivity contribution < 1.29 is 31.2 Å². The summed E-state index contributed by atoms with van der Waals surface area (Å²) >= 11 is 0. The van der Waals surface area contributed by atoms with E-state index in [9.17, 15) is 31.2 Å². The number of carbonyl (C=O) groups is 2. The molecule has 2 aliphatic heterocycles. The maximum absolute atomic E-state index is 12.9. The zero-order valence-corrected chi connectivity index (χ0v) is 16.2. The molecule has 1 aromatic carbocycles. The molecular formula is C18H20F3N3O4S. The Bertz CT molecular complexity index is 938. The number of sulfonamides is 1. The van der Waals surface area contributed by atoms with Gasteiger partial charge in [0.1, 0.15) is 0 Å². The summed E-state index contributed by atoms with van der Waals surface area (Å²) in [6.45, 7) is 0.556. The van der Waals surface area contributed by atoms with E-state index >= 15 is 0 Å². The van der Waals surface area contributed by atoms with E-state index in [4.69, 9.17) is 0 Å². The standard InChI is InChI=1S/C18H20F3N3O4S/c19-18(20,21)12-2-1-3-14(10-12)29(27,28)23-8-6-22(7-9-23)15-11-16(25)24(17(15)26)13-4-5-13/h1-3,10,13,15H,4-9,11H2/t15-/m0/s1. The van der Waals surface area contributed by atoms with Crippen LogP contribution >= 0.6 is 0 Å². The minimum atomic E-state index is -4.63. The first-order chi connectivity index (χ1) is 13.6. The van der Waals surface area contributed by atoms with Crippen LogP contribution in [0.25, 0.3) is 0 Å². The molecule has 7 nitrogen and oxygen atoms in total. The van der Waals surface area contributed by atoms with Crippen LogP contribution in [0.5, 0.6) is 0 Å². The predicted octanol–water partition coefficient (Wildman–Crippen LogP) is 1.30. The van der Waals surface area contributed by atoms with Gasteiger partial charge in [-0.15, -0.1) is 0 Å². The highest BCUT2D eigenvalue weighted by Gasteiger charge is 2.48. The topological polar surface area (TPSA) is 78.0 Å². The largest absolute Gasteiger partial charge is 0.416 e. The number of imide groups is 1. The second-order valence-electron chi connectivity index (χ2n) is 7.52. The van der Waals surface area contributed by atoms with Gasteiger partial charge in [-0.3, -0.25) is 19.4 Å². The Kier molecular flexibility index (Phi) is 4.94. The van der Waals surface area contributed by atoms with Gasteiger partial charge in [0.15, 0.2) is 0 Å². The molecule has 0 N–H and O–H groups in total. The van der Waals surface area contributed by atoms with Crippen LogP contribution in [0.1, 0.15) is 24.8 Å². The molecule has 2 saturated heterocycles. The Morgan fingerprint density at radius 3 is 2.24 bits per heavy atom. The molecule has 2 heterocycles. The summed E-state index contributed by atoms with van der Waals surface area (Å²) in [5.74, 6) is -0.423. The van der Waals surface area contributed by atoms with Crippen molar-refractivity contribution in [2.45, 2.75) is 42.4 Å². The van der Waals surface area contributed by atoms with Crippen molar-refractivity contribution in [1.82, 2.24) is 14.1 Å². The maximum Gasteiger partial charge on any atom is 0.416 e. The van der Waals surface area contributed by atoms with E-state index < -0.39 is 32.7 Å². The molecule has 0 bridgehead atoms. The van der Waals surface area contributed by atoms with Crippen molar-refractivity contribution in [2.24, 2.45) is 0 Å². The fourth-order valence-corrected chi connectivity index (χ4v) is 5.34. The van der Waals surface area contributed by atoms with Crippen LogP contribution in [-0.4, -0.2) is 72.6 Å². The van der Waals surface area contributed by atoms with Gasteiger partial charge in [0.05, 0.1) is 22.9 Å². The molecule has 1 saturated carbocycles. The smallest absolute Gasteiger partial charge is 0.289 e. The molecule has 4 rings (SSSR count). The lowest BCUT2D eigenvalue weighted by atomic mass is 10.2. The minimum Gasteiger partial charge on any atom is -0.289 e. The number of hydrogen-bond donors (Lipinski definition) is 0. The SMILES string of the molecule is O=C1C[C@H](N2CCN(S(=O)(=O)c3cccc(C(F)(F)F)c3)CC2)C(=O)N1C1CC1. The molecule has 1 atom stereocenters. The number of alkyl halides is 3. The Labute approximate surface area is 166 Å². The lowest BCUT2D eigenvalue weighted by Gasteiger charge is -2.36. The van der Waals surface area contributed by atoms with Crippen molar-refractivity contribution in [3.8, 4) is 0 Å². The number of halogens is 3. The Hall–Kier alpha value is -1.98. The third kappa shape index (κ3) is 3.78. The molecule has 29 heavy (non-hydrogen) atoms. The lowest BCUT2D eigenvalue weighted by molar-refractivity contribution is -0.140. The quantitative estimate of drug-likeness (QED) is 0.672. The van der Waals surface area contributed by atoms with Crippen LogP contribution in [-0.2, 0) is 25.8 Å². The number of piperazine rings is 1. The van der Waals surface area contributed by atoms with Gasteiger partial charge in [-0.2, -0.15) is 17.5 Å². The van der Waals surface area contributed by atoms with E-state index in [2.05, 4.69) is 0 Å². The van der Waals surface area contributed by atoms with Crippen LogP contribution < -0.4 is 0 Å². The van der Waals surface area contributed by atoms with Crippen LogP contribution in [0.2, 0.25) is 0 Å². The number of hydrogen-bond acceptors (Lipinski definition) is 5. The summed E-state index contributed by atoms with van der Waals surface area (Å²) in [6, 6.07) is 3.09. The van der Waals surface area contributed by atoms with E-state index in [0.29, 0.717) is 6.07 Å². The fourth-order valence-electron chi connectivity index (χ4n) is 3.87. The molecule has 0 spiro atoms. The summed E-state index contributed by atoms with van der Waals surface area (Å²) in [4.78, 5) is 27.4. The third-order valence-corrected chi connectivity index (χ3v) is 7.48. The van der Waals surface area contributed by atoms with Crippen LogP contribution in [0.3, 0.4) is 0 Å². The molecule has 3 fully saturated rings. The monoisotopic (exact) mass is 431 g/mol. The summed E-state index contributed by atoms with van der Waals surface area (Å²) in [6.07, 6.45) is -2.89. The zero-order valence-electron chi connectivity index (χ0n) is 15.4. The van der Waals surface area contributed by atoms with Crippen molar-refractivity contribution in [1.29, 1.82) is 0 Å². The Morgan fingerprint density at radius 1 is 1.00 bits per heavy atom. The van der Waals surface area contributed by atoms with Crippen LogP contribution in [0, 0.1) is 0 Å². The van der Waals surface area contributed by atoms with Gasteiger partial charge >= 0.3 is 6.18 Å². The number of carbonyl (C=O) groups excluding carboxylic acids is 2. The van der Waals surface area contributed by atoms with Gasteiger partial charge < -0.3 is 0 Å². The number of nitrogens with zero attached hydrogens (tertiary/aromatic N) is 3. The fraction of sp³-hybridized carbons (Fsp3) is 0.556. The molecule has 1 aromatic rings. The van der Waals surface area contributed by atoms with Crippen molar-refractivity contribution in [2.75, 3.05) is 26.2 Å². The molecule has 0 radical (unpaired) electrons. The molecule has 3 aliphatic rings. The molecular weight excluding hydrogens is 411 g/mol. The lowest BCUT2D eigenvalue weighted by Crippen LogP contribution is -2.53. The van der Waals surface area contributed by atoms with Gasteiger partial charge in [-0.1, -0.05) is 6.07 Å². The highest BCUT2D eigenvalue weighted by atomic mass is 32.2. The van der Waals surface area contributed by atoms with Crippen molar-refractivity contribution in [3.63, 3.8) is 0 Å². The Morgan fingerprint density at radius 2 is 1.66 bits per heavy atom. The number of benzene rings is 1. The van der Waals surface area contributed by atoms with Crippen LogP contribution in [0.4, 0.5) is 13.2 Å². The first-order valence-electron chi connectivity index (χ1n) is 9.36. The molecule has 1 aliphatic carbocycles. The second kappa shape index (κ2) is 7.06. The van der Waals surface area contributed by atoms with E-state index in [1.165, 1.54) is 4.90 Å². The zero-order chi connectivity index (χ0) is 21.0. The average Bonchev–Trinajstić information content (AvgIpc) is 3.46. The van der Waals surface area contributed by atoms with E-state index in [1.807, 2.05) is 0 Å². The highest BCUT2D eigenvalue weighted by molar-refractivity contribution is 7.89. The third-order valence-electron chi connectivity index (χ3n) is 5.58. The molecule has 0 aromatic heterocycles. The summed E-state index contributed by atoms with van der Waals surface area (Å²) in [5.41, 5.74) is -1.02. The first kappa shape index (κ1) is 20.3. The van der Waals surface area contributed by atoms with Gasteiger partial charge in [-0.05, 0) is 31.0 Å². The van der Waals surface area contributed by atoms with E-state index in [-0.39, 0.29) is 50.5 Å². The number of rotatable bonds is 4. The molecule has 11 heteroatoms. The predicted molar refractivity (Wildman–Crippen MR) is 95.1 cm³/mol. The average molecular weight is 431 g/mol. The van der Waals surface area contributed by atoms with Gasteiger partial charge in [0.25, 0.3) is 0 Å². The van der Waals surface area contributed by atoms with Gasteiger partial charge in [0.2, 0.25) is 21.8 Å². The van der Waals surface area contributed by atoms with Crippen molar-refractivity contribution in [3.05, 3.63) is 29.8 Å². The van der Waals surface area contributed by atoms with Crippen molar-refractivity contribution >= 4 is 21.8 Å². The second-order valence-corrected chi connectivity index (χ2v) is 9.46. The van der Waals surface area contributed by atoms with Gasteiger partial charge in [0, 0.05) is 32.2 Å². The van der Waals surface area contributed by atoms with Crippen LogP contribution in [0.15, 0.2) is 29.2 Å². The Balaban J connectivity index is 1.44. The first-order valence-corrected chi connectivity index (χ1v) is 10.8. The molecule has 0 unspecified atom stereocenters. The molecule has 2 amide bonds. The van der Waals surface area contributed by atoms with E-state index in [1.54, 1.807) is 4.90 Å².